The Morgan fingerprint density at radius 3 is 2.87 bits per heavy atom. The van der Waals surface area contributed by atoms with Crippen LogP contribution in [0.1, 0.15) is 31.4 Å². The molecular formula is C19H30N2O2. The second-order valence-corrected chi connectivity index (χ2v) is 6.87. The van der Waals surface area contributed by atoms with Crippen LogP contribution in [0.3, 0.4) is 0 Å². The van der Waals surface area contributed by atoms with E-state index in [2.05, 4.69) is 34.9 Å². The summed E-state index contributed by atoms with van der Waals surface area (Å²) in [5.41, 5.74) is 1.36. The number of morpholine rings is 1. The number of likely N-dealkylation sites (tertiary alicyclic amines) is 1. The van der Waals surface area contributed by atoms with Crippen LogP contribution >= 0.6 is 0 Å². The molecule has 2 aliphatic heterocycles. The molecule has 4 heteroatoms. The fraction of sp³-hybridized carbons (Fsp3) is 0.684. The summed E-state index contributed by atoms with van der Waals surface area (Å²) in [5.74, 6) is 1.74. The zero-order valence-corrected chi connectivity index (χ0v) is 14.5. The van der Waals surface area contributed by atoms with Gasteiger partial charge in [-0.3, -0.25) is 9.80 Å². The first-order chi connectivity index (χ1) is 11.3. The third-order valence-corrected chi connectivity index (χ3v) is 5.29. The molecule has 4 nitrogen and oxygen atoms in total. The Balaban J connectivity index is 1.58. The van der Waals surface area contributed by atoms with Gasteiger partial charge in [-0.05, 0) is 49.9 Å². The summed E-state index contributed by atoms with van der Waals surface area (Å²) in [6.45, 7) is 9.96. The Labute approximate surface area is 140 Å². The van der Waals surface area contributed by atoms with Gasteiger partial charge in [-0.2, -0.15) is 0 Å². The van der Waals surface area contributed by atoms with E-state index < -0.39 is 0 Å². The molecule has 2 atom stereocenters. The van der Waals surface area contributed by atoms with Gasteiger partial charge < -0.3 is 9.47 Å². The van der Waals surface area contributed by atoms with Crippen molar-refractivity contribution in [3.05, 3.63) is 29.8 Å². The van der Waals surface area contributed by atoms with Gasteiger partial charge in [0.15, 0.2) is 0 Å². The number of ether oxygens (including phenoxy) is 2. The Morgan fingerprint density at radius 2 is 2.09 bits per heavy atom. The van der Waals surface area contributed by atoms with E-state index in [9.17, 15) is 0 Å². The van der Waals surface area contributed by atoms with Gasteiger partial charge in [0.25, 0.3) is 0 Å². The first-order valence-corrected chi connectivity index (χ1v) is 8.94. The molecule has 2 saturated heterocycles. The van der Waals surface area contributed by atoms with Gasteiger partial charge in [0, 0.05) is 32.2 Å². The number of rotatable bonds is 5. The summed E-state index contributed by atoms with van der Waals surface area (Å²) < 4.78 is 10.8. The molecule has 0 amide bonds. The van der Waals surface area contributed by atoms with Crippen molar-refractivity contribution in [3.8, 4) is 5.75 Å². The first kappa shape index (κ1) is 16.7. The van der Waals surface area contributed by atoms with Crippen LogP contribution in [0.25, 0.3) is 0 Å². The molecule has 1 aromatic carbocycles. The Kier molecular flexibility index (Phi) is 5.92. The van der Waals surface area contributed by atoms with Crippen molar-refractivity contribution >= 4 is 0 Å². The molecular weight excluding hydrogens is 288 g/mol. The van der Waals surface area contributed by atoms with Crippen LogP contribution < -0.4 is 4.74 Å². The summed E-state index contributed by atoms with van der Waals surface area (Å²) in [7, 11) is 1.74. The minimum Gasteiger partial charge on any atom is -0.497 e. The minimum atomic E-state index is 0.456. The Bertz CT molecular complexity index is 488. The van der Waals surface area contributed by atoms with Crippen LogP contribution in [-0.2, 0) is 4.74 Å². The van der Waals surface area contributed by atoms with Crippen molar-refractivity contribution in [2.45, 2.75) is 25.8 Å². The van der Waals surface area contributed by atoms with Crippen molar-refractivity contribution in [2.24, 2.45) is 5.92 Å². The lowest BCUT2D eigenvalue weighted by Gasteiger charge is -2.39. The number of benzene rings is 1. The van der Waals surface area contributed by atoms with E-state index in [0.717, 1.165) is 38.0 Å². The standard InChI is InChI=1S/C19H30N2O2/c1-16(18-6-3-7-19(13-18)22-2)21-8-4-5-17(15-21)14-20-9-11-23-12-10-20/h3,6-7,13,16-17H,4-5,8-12,14-15H2,1-2H3/t16-,17-/m1/s1. The normalized spacial score (nSPS) is 25.2. The highest BCUT2D eigenvalue weighted by Gasteiger charge is 2.26. The van der Waals surface area contributed by atoms with E-state index in [1.165, 1.54) is 38.0 Å². The van der Waals surface area contributed by atoms with Gasteiger partial charge in [0.1, 0.15) is 5.75 Å². The SMILES string of the molecule is COc1cccc([C@@H](C)N2CCC[C@H](CN3CCOCC3)C2)c1. The van der Waals surface area contributed by atoms with Gasteiger partial charge in [0.05, 0.1) is 20.3 Å². The van der Waals surface area contributed by atoms with E-state index >= 15 is 0 Å². The van der Waals surface area contributed by atoms with Gasteiger partial charge in [0.2, 0.25) is 0 Å². The predicted molar refractivity (Wildman–Crippen MR) is 93.0 cm³/mol. The molecule has 0 aliphatic carbocycles. The molecule has 0 saturated carbocycles. The van der Waals surface area contributed by atoms with Crippen molar-refractivity contribution in [2.75, 3.05) is 53.0 Å². The summed E-state index contributed by atoms with van der Waals surface area (Å²) in [5, 5.41) is 0. The largest absolute Gasteiger partial charge is 0.497 e. The second-order valence-electron chi connectivity index (χ2n) is 6.87. The van der Waals surface area contributed by atoms with E-state index in [1.54, 1.807) is 7.11 Å². The highest BCUT2D eigenvalue weighted by Crippen LogP contribution is 2.28. The van der Waals surface area contributed by atoms with Gasteiger partial charge >= 0.3 is 0 Å². The summed E-state index contributed by atoms with van der Waals surface area (Å²) >= 11 is 0. The van der Waals surface area contributed by atoms with E-state index in [0.29, 0.717) is 6.04 Å². The van der Waals surface area contributed by atoms with Crippen LogP contribution in [0.5, 0.6) is 5.75 Å². The third-order valence-electron chi connectivity index (χ3n) is 5.29. The average molecular weight is 318 g/mol. The summed E-state index contributed by atoms with van der Waals surface area (Å²) in [6, 6.07) is 8.97. The first-order valence-electron chi connectivity index (χ1n) is 8.94. The topological polar surface area (TPSA) is 24.9 Å². The maximum atomic E-state index is 5.46. The summed E-state index contributed by atoms with van der Waals surface area (Å²) in [6.07, 6.45) is 2.67. The number of methoxy groups -OCH3 is 1. The van der Waals surface area contributed by atoms with Crippen LogP contribution in [0.2, 0.25) is 0 Å². The molecule has 0 aromatic heterocycles. The molecule has 0 radical (unpaired) electrons. The minimum absolute atomic E-state index is 0.456. The molecule has 23 heavy (non-hydrogen) atoms. The maximum Gasteiger partial charge on any atom is 0.119 e. The molecule has 0 unspecified atom stereocenters. The van der Waals surface area contributed by atoms with Crippen molar-refractivity contribution in [3.63, 3.8) is 0 Å². The van der Waals surface area contributed by atoms with Gasteiger partial charge in [-0.15, -0.1) is 0 Å². The third kappa shape index (κ3) is 4.46. The lowest BCUT2D eigenvalue weighted by Crippen LogP contribution is -2.45. The smallest absolute Gasteiger partial charge is 0.119 e. The predicted octanol–water partition coefficient (Wildman–Crippen LogP) is 2.80. The quantitative estimate of drug-likeness (QED) is 0.833. The van der Waals surface area contributed by atoms with Crippen LogP contribution in [0, 0.1) is 5.92 Å². The Hall–Kier alpha value is -1.10. The van der Waals surface area contributed by atoms with Crippen LogP contribution in [0.4, 0.5) is 0 Å². The number of nitrogens with zero attached hydrogens (tertiary/aromatic N) is 2. The fourth-order valence-corrected chi connectivity index (χ4v) is 3.86. The Morgan fingerprint density at radius 1 is 1.26 bits per heavy atom. The maximum absolute atomic E-state index is 5.46. The molecule has 0 N–H and O–H groups in total. The van der Waals surface area contributed by atoms with Crippen molar-refractivity contribution < 1.29 is 9.47 Å². The second kappa shape index (κ2) is 8.13. The molecule has 2 heterocycles. The molecule has 3 rings (SSSR count). The molecule has 0 spiro atoms. The lowest BCUT2D eigenvalue weighted by molar-refractivity contribution is 0.0200. The lowest BCUT2D eigenvalue weighted by atomic mass is 9.94. The zero-order valence-electron chi connectivity index (χ0n) is 14.5. The fourth-order valence-electron chi connectivity index (χ4n) is 3.86. The number of hydrogen-bond donors (Lipinski definition) is 0. The average Bonchev–Trinajstić information content (AvgIpc) is 2.62. The molecule has 2 fully saturated rings. The van der Waals surface area contributed by atoms with E-state index in [4.69, 9.17) is 9.47 Å². The van der Waals surface area contributed by atoms with Crippen LogP contribution in [0.15, 0.2) is 24.3 Å². The van der Waals surface area contributed by atoms with Crippen molar-refractivity contribution in [1.29, 1.82) is 0 Å². The molecule has 1 aromatic rings. The van der Waals surface area contributed by atoms with E-state index in [-0.39, 0.29) is 0 Å². The molecule has 128 valence electrons. The van der Waals surface area contributed by atoms with Gasteiger partial charge in [-0.25, -0.2) is 0 Å². The number of hydrogen-bond acceptors (Lipinski definition) is 4. The highest BCUT2D eigenvalue weighted by molar-refractivity contribution is 5.30. The van der Waals surface area contributed by atoms with Crippen molar-refractivity contribution in [1.82, 2.24) is 9.80 Å². The van der Waals surface area contributed by atoms with E-state index in [1.807, 2.05) is 6.07 Å². The van der Waals surface area contributed by atoms with Crippen LogP contribution in [-0.4, -0.2) is 62.8 Å². The summed E-state index contributed by atoms with van der Waals surface area (Å²) in [4.78, 5) is 5.22. The molecule has 0 bridgehead atoms. The van der Waals surface area contributed by atoms with Gasteiger partial charge in [-0.1, -0.05) is 12.1 Å². The molecule has 2 aliphatic rings. The zero-order chi connectivity index (χ0) is 16.1. The monoisotopic (exact) mass is 318 g/mol. The number of piperidine rings is 1. The highest BCUT2D eigenvalue weighted by atomic mass is 16.5.